The SMILES string of the molecule is Cc1ccc(/C=C/C=C/c2ccc(N=Nc3c(O)c(CONc4ccccc4)cc4ccc5c6ccccc6[nH]c5c34)cc2)cc1. The van der Waals surface area contributed by atoms with Gasteiger partial charge in [0.05, 0.1) is 16.9 Å². The Labute approximate surface area is 267 Å². The van der Waals surface area contributed by atoms with Crippen LogP contribution in [0, 0.1) is 6.92 Å². The molecule has 1 heterocycles. The number of aromatic amines is 1. The summed E-state index contributed by atoms with van der Waals surface area (Å²) in [6, 6.07) is 40.1. The molecule has 0 bridgehead atoms. The van der Waals surface area contributed by atoms with E-state index in [-0.39, 0.29) is 12.4 Å². The monoisotopic (exact) mass is 600 g/mol. The molecule has 0 atom stereocenters. The number of aryl methyl sites for hydroxylation is 1. The summed E-state index contributed by atoms with van der Waals surface area (Å²) in [6.45, 7) is 2.21. The fourth-order valence-corrected chi connectivity index (χ4v) is 5.52. The minimum absolute atomic E-state index is 0.0252. The van der Waals surface area contributed by atoms with Crippen LogP contribution in [0.2, 0.25) is 0 Å². The third-order valence-electron chi connectivity index (χ3n) is 7.93. The van der Waals surface area contributed by atoms with Crippen molar-refractivity contribution in [2.75, 3.05) is 5.48 Å². The summed E-state index contributed by atoms with van der Waals surface area (Å²) in [4.78, 5) is 9.32. The molecule has 0 saturated carbocycles. The second kappa shape index (κ2) is 12.9. The van der Waals surface area contributed by atoms with Crippen molar-refractivity contribution < 1.29 is 9.94 Å². The summed E-state index contributed by atoms with van der Waals surface area (Å²) >= 11 is 0. The van der Waals surface area contributed by atoms with E-state index >= 15 is 0 Å². The number of phenolic OH excluding ortho intramolecular Hbond substituents is 1. The Morgan fingerprint density at radius 3 is 2.20 bits per heavy atom. The fraction of sp³-hybridized carbons (Fsp3) is 0.0500. The average Bonchev–Trinajstić information content (AvgIpc) is 3.47. The highest BCUT2D eigenvalue weighted by atomic mass is 16.6. The minimum atomic E-state index is 0.0252. The maximum Gasteiger partial charge on any atom is 0.149 e. The zero-order valence-corrected chi connectivity index (χ0v) is 25.3. The van der Waals surface area contributed by atoms with Crippen LogP contribution in [0.3, 0.4) is 0 Å². The number of nitrogens with zero attached hydrogens (tertiary/aromatic N) is 2. The van der Waals surface area contributed by atoms with Gasteiger partial charge in [-0.15, -0.1) is 5.11 Å². The van der Waals surface area contributed by atoms with Crippen molar-refractivity contribution in [2.45, 2.75) is 13.5 Å². The van der Waals surface area contributed by atoms with Gasteiger partial charge in [-0.1, -0.05) is 115 Å². The number of nitrogens with one attached hydrogen (secondary N) is 2. The predicted octanol–water partition coefficient (Wildman–Crippen LogP) is 11.2. The molecule has 0 aliphatic carbocycles. The number of phenols is 1. The van der Waals surface area contributed by atoms with Gasteiger partial charge in [0.2, 0.25) is 0 Å². The molecule has 0 saturated heterocycles. The molecule has 0 amide bonds. The molecule has 0 unspecified atom stereocenters. The number of azo groups is 1. The van der Waals surface area contributed by atoms with Gasteiger partial charge in [0.15, 0.2) is 0 Å². The van der Waals surface area contributed by atoms with Crippen molar-refractivity contribution in [1.82, 2.24) is 4.98 Å². The zero-order chi connectivity index (χ0) is 31.3. The van der Waals surface area contributed by atoms with Crippen LogP contribution in [-0.2, 0) is 11.4 Å². The van der Waals surface area contributed by atoms with Crippen LogP contribution in [0.4, 0.5) is 17.1 Å². The van der Waals surface area contributed by atoms with Crippen LogP contribution in [0.25, 0.3) is 44.7 Å². The lowest BCUT2D eigenvalue weighted by Crippen LogP contribution is -2.01. The summed E-state index contributed by atoms with van der Waals surface area (Å²) < 4.78 is 0. The summed E-state index contributed by atoms with van der Waals surface area (Å²) in [6.07, 6.45) is 8.18. The van der Waals surface area contributed by atoms with Gasteiger partial charge < -0.3 is 10.1 Å². The van der Waals surface area contributed by atoms with Crippen LogP contribution in [-0.4, -0.2) is 10.1 Å². The molecule has 0 radical (unpaired) electrons. The van der Waals surface area contributed by atoms with Gasteiger partial charge in [-0.05, 0) is 59.8 Å². The predicted molar refractivity (Wildman–Crippen MR) is 190 cm³/mol. The number of benzene rings is 6. The molecule has 3 N–H and O–H groups in total. The fourth-order valence-electron chi connectivity index (χ4n) is 5.52. The third-order valence-corrected chi connectivity index (χ3v) is 7.93. The van der Waals surface area contributed by atoms with Crippen molar-refractivity contribution in [2.24, 2.45) is 10.2 Å². The van der Waals surface area contributed by atoms with E-state index in [0.29, 0.717) is 16.9 Å². The zero-order valence-electron chi connectivity index (χ0n) is 25.3. The molecule has 0 fully saturated rings. The van der Waals surface area contributed by atoms with Crippen molar-refractivity contribution in [3.05, 3.63) is 156 Å². The molecule has 0 aliphatic rings. The number of allylic oxidation sites excluding steroid dienone is 2. The van der Waals surface area contributed by atoms with E-state index < -0.39 is 0 Å². The highest BCUT2D eigenvalue weighted by molar-refractivity contribution is 6.20. The summed E-state index contributed by atoms with van der Waals surface area (Å²) in [5, 5.41) is 24.7. The van der Waals surface area contributed by atoms with Crippen molar-refractivity contribution in [3.8, 4) is 5.75 Å². The van der Waals surface area contributed by atoms with Crippen LogP contribution in [0.15, 0.2) is 144 Å². The smallest absolute Gasteiger partial charge is 0.149 e. The first kappa shape index (κ1) is 28.8. The second-order valence-electron chi connectivity index (χ2n) is 11.2. The van der Waals surface area contributed by atoms with Crippen molar-refractivity contribution in [3.63, 3.8) is 0 Å². The van der Waals surface area contributed by atoms with Gasteiger partial charge in [0, 0.05) is 27.2 Å². The maximum absolute atomic E-state index is 11.6. The van der Waals surface area contributed by atoms with Gasteiger partial charge in [0.1, 0.15) is 18.0 Å². The molecule has 6 nitrogen and oxygen atoms in total. The van der Waals surface area contributed by atoms with Gasteiger partial charge in [-0.3, -0.25) is 10.3 Å². The average molecular weight is 601 g/mol. The van der Waals surface area contributed by atoms with Crippen LogP contribution in [0.1, 0.15) is 22.3 Å². The Bertz CT molecular complexity index is 2230. The number of aromatic hydroxyl groups is 1. The second-order valence-corrected chi connectivity index (χ2v) is 11.2. The topological polar surface area (TPSA) is 82.0 Å². The molecular weight excluding hydrogens is 568 g/mol. The first-order chi connectivity index (χ1) is 22.6. The lowest BCUT2D eigenvalue weighted by atomic mass is 10.0. The third kappa shape index (κ3) is 6.15. The van der Waals surface area contributed by atoms with Crippen molar-refractivity contribution in [1.29, 1.82) is 0 Å². The van der Waals surface area contributed by atoms with Crippen LogP contribution >= 0.6 is 0 Å². The Hall–Kier alpha value is -5.98. The maximum atomic E-state index is 11.6. The van der Waals surface area contributed by atoms with Crippen LogP contribution in [0.5, 0.6) is 5.75 Å². The summed E-state index contributed by atoms with van der Waals surface area (Å²) in [7, 11) is 0. The highest BCUT2D eigenvalue weighted by Crippen LogP contribution is 2.44. The number of aromatic nitrogens is 1. The standard InChI is InChI=1S/C40H32N4O2/c1-27-15-17-28(18-16-27)9-5-6-10-29-19-22-32(23-20-29)42-43-39-37-30(21-24-35-34-13-7-8-14-36(34)41-38(35)37)25-31(40(39)45)26-46-44-33-11-3-2-4-12-33/h2-25,41,44-45H,26H2,1H3/b9-5+,10-6+,43-42?. The van der Waals surface area contributed by atoms with E-state index in [0.717, 1.165) is 49.4 Å². The molecule has 7 rings (SSSR count). The molecule has 224 valence electrons. The highest BCUT2D eigenvalue weighted by Gasteiger charge is 2.18. The number of rotatable bonds is 9. The van der Waals surface area contributed by atoms with E-state index in [1.165, 1.54) is 5.56 Å². The van der Waals surface area contributed by atoms with E-state index in [4.69, 9.17) is 4.84 Å². The molecule has 46 heavy (non-hydrogen) atoms. The number of para-hydroxylation sites is 2. The quantitative estimate of drug-likeness (QED) is 0.0876. The molecular formula is C40H32N4O2. The number of fused-ring (bicyclic) bond motifs is 5. The van der Waals surface area contributed by atoms with Gasteiger partial charge >= 0.3 is 0 Å². The lowest BCUT2D eigenvalue weighted by molar-refractivity contribution is 0.177. The summed E-state index contributed by atoms with van der Waals surface area (Å²) in [5.74, 6) is 0.0252. The Morgan fingerprint density at radius 1 is 0.739 bits per heavy atom. The normalized spacial score (nSPS) is 12.0. The largest absolute Gasteiger partial charge is 0.505 e. The van der Waals surface area contributed by atoms with E-state index in [9.17, 15) is 5.11 Å². The Balaban J connectivity index is 1.19. The number of anilines is 1. The molecule has 0 spiro atoms. The van der Waals surface area contributed by atoms with E-state index in [1.54, 1.807) is 0 Å². The van der Waals surface area contributed by atoms with Crippen molar-refractivity contribution >= 4 is 61.8 Å². The molecule has 6 heteroatoms. The van der Waals surface area contributed by atoms with Gasteiger partial charge in [-0.25, -0.2) is 0 Å². The van der Waals surface area contributed by atoms with Gasteiger partial charge in [-0.2, -0.15) is 5.11 Å². The molecule has 6 aromatic carbocycles. The number of hydrogen-bond acceptors (Lipinski definition) is 5. The molecule has 1 aromatic heterocycles. The first-order valence-corrected chi connectivity index (χ1v) is 15.2. The summed E-state index contributed by atoms with van der Waals surface area (Å²) in [5.41, 5.74) is 10.8. The van der Waals surface area contributed by atoms with Crippen LogP contribution < -0.4 is 5.48 Å². The van der Waals surface area contributed by atoms with E-state index in [1.807, 2.05) is 97.1 Å². The number of H-pyrrole nitrogens is 1. The first-order valence-electron chi connectivity index (χ1n) is 15.2. The molecule has 0 aliphatic heterocycles. The lowest BCUT2D eigenvalue weighted by Gasteiger charge is -2.13. The minimum Gasteiger partial charge on any atom is -0.505 e. The van der Waals surface area contributed by atoms with Gasteiger partial charge in [0.25, 0.3) is 0 Å². The Morgan fingerprint density at radius 2 is 1.43 bits per heavy atom. The number of hydrogen-bond donors (Lipinski definition) is 3. The van der Waals surface area contributed by atoms with E-state index in [2.05, 4.69) is 76.2 Å². The Kier molecular flexibility index (Phi) is 8.09. The molecule has 7 aromatic rings.